The van der Waals surface area contributed by atoms with Crippen LogP contribution in [-0.4, -0.2) is 49.7 Å². The van der Waals surface area contributed by atoms with Gasteiger partial charge in [-0.2, -0.15) is 0 Å². The van der Waals surface area contributed by atoms with Crippen molar-refractivity contribution >= 4 is 22.8 Å². The molecule has 9 nitrogen and oxygen atoms in total. The molecule has 0 radical (unpaired) electrons. The van der Waals surface area contributed by atoms with E-state index in [9.17, 15) is 9.59 Å². The average Bonchev–Trinajstić information content (AvgIpc) is 3.25. The van der Waals surface area contributed by atoms with Crippen molar-refractivity contribution in [3.8, 4) is 17.2 Å². The number of fused-ring (bicyclic) bond motifs is 1. The summed E-state index contributed by atoms with van der Waals surface area (Å²) in [5.41, 5.74) is 2.03. The van der Waals surface area contributed by atoms with Crippen LogP contribution < -0.4 is 24.8 Å². The van der Waals surface area contributed by atoms with Gasteiger partial charge in [-0.05, 0) is 36.6 Å². The zero-order valence-electron chi connectivity index (χ0n) is 19.5. The highest BCUT2D eigenvalue weighted by Gasteiger charge is 2.21. The van der Waals surface area contributed by atoms with Crippen LogP contribution in [0.5, 0.6) is 17.2 Å². The monoisotopic (exact) mass is 454 g/mol. The van der Waals surface area contributed by atoms with Crippen LogP contribution in [-0.2, 0) is 4.79 Å². The maximum absolute atomic E-state index is 12.7. The second kappa shape index (κ2) is 10.7. The Morgan fingerprint density at radius 2 is 1.70 bits per heavy atom. The first-order chi connectivity index (χ1) is 15.9. The maximum Gasteiger partial charge on any atom is 0.251 e. The summed E-state index contributed by atoms with van der Waals surface area (Å²) in [5, 5.41) is 5.62. The summed E-state index contributed by atoms with van der Waals surface area (Å²) in [6.07, 6.45) is 0.701. The molecule has 3 aromatic rings. The second-order valence-electron chi connectivity index (χ2n) is 7.99. The lowest BCUT2D eigenvalue weighted by molar-refractivity contribution is -0.121. The fourth-order valence-corrected chi connectivity index (χ4v) is 3.57. The summed E-state index contributed by atoms with van der Waals surface area (Å²) in [6.45, 7) is 3.96. The fourth-order valence-electron chi connectivity index (χ4n) is 3.57. The van der Waals surface area contributed by atoms with Gasteiger partial charge in [0.25, 0.3) is 5.91 Å². The SMILES string of the molecule is COc1cc(C(=O)NCC(=O)N[C@H](CC(C)C)c2nc3ccccc3[nH]2)cc(OC)c1OC. The summed E-state index contributed by atoms with van der Waals surface area (Å²) in [6, 6.07) is 10.5. The lowest BCUT2D eigenvalue weighted by atomic mass is 10.0. The first-order valence-corrected chi connectivity index (χ1v) is 10.7. The number of aromatic nitrogens is 2. The van der Waals surface area contributed by atoms with Gasteiger partial charge in [-0.25, -0.2) is 4.98 Å². The van der Waals surface area contributed by atoms with E-state index in [2.05, 4.69) is 34.4 Å². The molecule has 1 aromatic heterocycles. The molecule has 0 bridgehead atoms. The molecule has 0 unspecified atom stereocenters. The minimum Gasteiger partial charge on any atom is -0.493 e. The number of hydrogen-bond donors (Lipinski definition) is 3. The summed E-state index contributed by atoms with van der Waals surface area (Å²) in [4.78, 5) is 33.2. The molecule has 0 aliphatic heterocycles. The van der Waals surface area contributed by atoms with Gasteiger partial charge in [-0.15, -0.1) is 0 Å². The van der Waals surface area contributed by atoms with E-state index in [1.54, 1.807) is 0 Å². The number of aromatic amines is 1. The number of rotatable bonds is 10. The van der Waals surface area contributed by atoms with Crippen LogP contribution in [0.25, 0.3) is 11.0 Å². The lowest BCUT2D eigenvalue weighted by Crippen LogP contribution is -2.39. The summed E-state index contributed by atoms with van der Waals surface area (Å²) in [5.74, 6) is 1.36. The number of H-pyrrole nitrogens is 1. The Bertz CT molecular complexity index is 1070. The van der Waals surface area contributed by atoms with Gasteiger partial charge in [0, 0.05) is 5.56 Å². The number of para-hydroxylation sites is 2. The Labute approximate surface area is 192 Å². The minimum absolute atomic E-state index is 0.190. The Morgan fingerprint density at radius 1 is 1.03 bits per heavy atom. The third-order valence-corrected chi connectivity index (χ3v) is 5.12. The highest BCUT2D eigenvalue weighted by molar-refractivity contribution is 5.97. The van der Waals surface area contributed by atoms with Crippen LogP contribution >= 0.6 is 0 Å². The maximum atomic E-state index is 12.7. The molecular weight excluding hydrogens is 424 g/mol. The molecule has 176 valence electrons. The summed E-state index contributed by atoms with van der Waals surface area (Å²) in [7, 11) is 4.43. The number of carbonyl (C=O) groups is 2. The Morgan fingerprint density at radius 3 is 2.27 bits per heavy atom. The molecule has 33 heavy (non-hydrogen) atoms. The van der Waals surface area contributed by atoms with E-state index in [4.69, 9.17) is 14.2 Å². The molecule has 0 saturated heterocycles. The molecule has 2 aromatic carbocycles. The van der Waals surface area contributed by atoms with Gasteiger partial charge in [0.05, 0.1) is 44.9 Å². The first-order valence-electron chi connectivity index (χ1n) is 10.7. The lowest BCUT2D eigenvalue weighted by Gasteiger charge is -2.19. The van der Waals surface area contributed by atoms with Gasteiger partial charge in [0.15, 0.2) is 11.5 Å². The van der Waals surface area contributed by atoms with E-state index in [-0.39, 0.29) is 24.1 Å². The molecule has 1 heterocycles. The number of ether oxygens (including phenoxy) is 3. The topological polar surface area (TPSA) is 115 Å². The van der Waals surface area contributed by atoms with Gasteiger partial charge >= 0.3 is 0 Å². The molecule has 3 N–H and O–H groups in total. The van der Waals surface area contributed by atoms with Crippen molar-refractivity contribution in [3.05, 3.63) is 47.8 Å². The van der Waals surface area contributed by atoms with E-state index in [1.165, 1.54) is 33.5 Å². The Kier molecular flexibility index (Phi) is 7.76. The van der Waals surface area contributed by atoms with Crippen LogP contribution in [0.4, 0.5) is 0 Å². The average molecular weight is 455 g/mol. The van der Waals surface area contributed by atoms with Crippen molar-refractivity contribution < 1.29 is 23.8 Å². The first kappa shape index (κ1) is 23.9. The number of imidazole rings is 1. The Balaban J connectivity index is 1.69. The predicted molar refractivity (Wildman–Crippen MR) is 125 cm³/mol. The molecule has 0 aliphatic rings. The molecule has 1 atom stereocenters. The van der Waals surface area contributed by atoms with Gasteiger partial charge < -0.3 is 29.8 Å². The van der Waals surface area contributed by atoms with Gasteiger partial charge in [0.2, 0.25) is 11.7 Å². The number of nitrogens with one attached hydrogen (secondary N) is 3. The van der Waals surface area contributed by atoms with Gasteiger partial charge in [-0.1, -0.05) is 26.0 Å². The quantitative estimate of drug-likeness (QED) is 0.433. The predicted octanol–water partition coefficient (Wildman–Crippen LogP) is 3.22. The molecule has 0 spiro atoms. The van der Waals surface area contributed by atoms with E-state index in [1.807, 2.05) is 24.3 Å². The number of benzene rings is 2. The second-order valence-corrected chi connectivity index (χ2v) is 7.99. The highest BCUT2D eigenvalue weighted by Crippen LogP contribution is 2.38. The van der Waals surface area contributed by atoms with Crippen molar-refractivity contribution in [3.63, 3.8) is 0 Å². The Hall–Kier alpha value is -3.75. The normalized spacial score (nSPS) is 11.8. The van der Waals surface area contributed by atoms with Crippen molar-refractivity contribution in [2.75, 3.05) is 27.9 Å². The largest absolute Gasteiger partial charge is 0.493 e. The summed E-state index contributed by atoms with van der Waals surface area (Å²) < 4.78 is 15.8. The van der Waals surface area contributed by atoms with Crippen LogP contribution in [0.1, 0.15) is 42.5 Å². The van der Waals surface area contributed by atoms with Crippen LogP contribution in [0.2, 0.25) is 0 Å². The zero-order valence-corrected chi connectivity index (χ0v) is 19.5. The smallest absolute Gasteiger partial charge is 0.251 e. The summed E-state index contributed by atoms with van der Waals surface area (Å²) >= 11 is 0. The third-order valence-electron chi connectivity index (χ3n) is 5.12. The zero-order chi connectivity index (χ0) is 24.0. The number of amides is 2. The fraction of sp³-hybridized carbons (Fsp3) is 0.375. The van der Waals surface area contributed by atoms with Crippen molar-refractivity contribution in [2.45, 2.75) is 26.3 Å². The molecule has 9 heteroatoms. The molecule has 0 saturated carbocycles. The number of carbonyl (C=O) groups excluding carboxylic acids is 2. The minimum atomic E-state index is -0.437. The van der Waals surface area contributed by atoms with Crippen molar-refractivity contribution in [2.24, 2.45) is 5.92 Å². The number of hydrogen-bond acceptors (Lipinski definition) is 6. The van der Waals surface area contributed by atoms with Gasteiger partial charge in [0.1, 0.15) is 5.82 Å². The van der Waals surface area contributed by atoms with Gasteiger partial charge in [-0.3, -0.25) is 9.59 Å². The van der Waals surface area contributed by atoms with Crippen molar-refractivity contribution in [1.82, 2.24) is 20.6 Å². The molecule has 0 fully saturated rings. The number of nitrogens with zero attached hydrogens (tertiary/aromatic N) is 1. The molecule has 2 amide bonds. The molecule has 0 aliphatic carbocycles. The third kappa shape index (κ3) is 5.74. The van der Waals surface area contributed by atoms with E-state index in [0.29, 0.717) is 35.4 Å². The standard InChI is InChI=1S/C24H30N4O5/c1-14(2)10-18(23-27-16-8-6-7-9-17(16)28-23)26-21(29)13-25-24(30)15-11-19(31-3)22(33-5)20(12-15)32-4/h6-9,11-12,14,18H,10,13H2,1-5H3,(H,25,30)(H,26,29)(H,27,28)/t18-/m1/s1. The van der Waals surface area contributed by atoms with Crippen LogP contribution in [0.3, 0.4) is 0 Å². The highest BCUT2D eigenvalue weighted by atomic mass is 16.5. The molecular formula is C24H30N4O5. The van der Waals surface area contributed by atoms with Crippen LogP contribution in [0, 0.1) is 5.92 Å². The van der Waals surface area contributed by atoms with Crippen LogP contribution in [0.15, 0.2) is 36.4 Å². The number of methoxy groups -OCH3 is 3. The van der Waals surface area contributed by atoms with E-state index in [0.717, 1.165) is 11.0 Å². The van der Waals surface area contributed by atoms with Crippen molar-refractivity contribution in [1.29, 1.82) is 0 Å². The van der Waals surface area contributed by atoms with E-state index < -0.39 is 5.91 Å². The van der Waals surface area contributed by atoms with E-state index >= 15 is 0 Å². The molecule has 3 rings (SSSR count).